The molecule has 0 spiro atoms. The minimum absolute atomic E-state index is 0.0926. The van der Waals surface area contributed by atoms with Crippen LogP contribution in [0.2, 0.25) is 0 Å². The summed E-state index contributed by atoms with van der Waals surface area (Å²) in [6.45, 7) is 0.964. The topological polar surface area (TPSA) is 111 Å². The molecule has 1 heterocycles. The SMILES string of the molecule is O=C(CNC(=O)c1ccc(N2CCCC2=O)cc1)NCCC/C(=N/O)c1ccccc1. The molecule has 1 saturated heterocycles. The van der Waals surface area contributed by atoms with E-state index in [0.29, 0.717) is 43.6 Å². The highest BCUT2D eigenvalue weighted by molar-refractivity contribution is 6.00. The molecule has 1 aliphatic rings. The predicted octanol–water partition coefficient (Wildman–Crippen LogP) is 2.32. The number of benzene rings is 2. The van der Waals surface area contributed by atoms with E-state index in [9.17, 15) is 14.4 Å². The van der Waals surface area contributed by atoms with Gasteiger partial charge in [-0.2, -0.15) is 0 Å². The Morgan fingerprint density at radius 2 is 1.74 bits per heavy atom. The molecular formula is C23H26N4O4. The van der Waals surface area contributed by atoms with Gasteiger partial charge in [0.05, 0.1) is 12.3 Å². The molecule has 8 heteroatoms. The minimum atomic E-state index is -0.353. The van der Waals surface area contributed by atoms with E-state index in [1.165, 1.54) is 0 Å². The van der Waals surface area contributed by atoms with E-state index in [-0.39, 0.29) is 24.3 Å². The number of rotatable bonds is 9. The molecule has 0 unspecified atom stereocenters. The van der Waals surface area contributed by atoms with Crippen LogP contribution in [0.4, 0.5) is 5.69 Å². The van der Waals surface area contributed by atoms with Crippen molar-refractivity contribution in [3.63, 3.8) is 0 Å². The quantitative estimate of drug-likeness (QED) is 0.249. The molecule has 0 atom stereocenters. The largest absolute Gasteiger partial charge is 0.411 e. The molecule has 0 aliphatic carbocycles. The maximum atomic E-state index is 12.2. The van der Waals surface area contributed by atoms with Crippen LogP contribution in [-0.4, -0.2) is 48.3 Å². The zero-order valence-electron chi connectivity index (χ0n) is 17.2. The van der Waals surface area contributed by atoms with Crippen molar-refractivity contribution in [3.8, 4) is 0 Å². The van der Waals surface area contributed by atoms with E-state index < -0.39 is 0 Å². The average Bonchev–Trinajstić information content (AvgIpc) is 3.24. The Morgan fingerprint density at radius 3 is 2.39 bits per heavy atom. The third-order valence-corrected chi connectivity index (χ3v) is 5.06. The lowest BCUT2D eigenvalue weighted by atomic mass is 10.1. The summed E-state index contributed by atoms with van der Waals surface area (Å²) in [6, 6.07) is 16.1. The van der Waals surface area contributed by atoms with Crippen molar-refractivity contribution in [1.82, 2.24) is 10.6 Å². The summed E-state index contributed by atoms with van der Waals surface area (Å²) in [7, 11) is 0. The molecule has 3 rings (SSSR count). The van der Waals surface area contributed by atoms with Crippen molar-refractivity contribution in [3.05, 3.63) is 65.7 Å². The number of carbonyl (C=O) groups excluding carboxylic acids is 3. The fourth-order valence-electron chi connectivity index (χ4n) is 3.41. The van der Waals surface area contributed by atoms with Crippen molar-refractivity contribution >= 4 is 29.1 Å². The fourth-order valence-corrected chi connectivity index (χ4v) is 3.41. The van der Waals surface area contributed by atoms with Gasteiger partial charge in [-0.1, -0.05) is 35.5 Å². The Labute approximate surface area is 180 Å². The normalized spacial score (nSPS) is 13.9. The van der Waals surface area contributed by atoms with Crippen molar-refractivity contribution in [1.29, 1.82) is 0 Å². The molecular weight excluding hydrogens is 396 g/mol. The summed E-state index contributed by atoms with van der Waals surface area (Å²) in [5, 5.41) is 17.8. The van der Waals surface area contributed by atoms with E-state index in [0.717, 1.165) is 17.7 Å². The van der Waals surface area contributed by atoms with Crippen LogP contribution in [0, 0.1) is 0 Å². The van der Waals surface area contributed by atoms with Gasteiger partial charge < -0.3 is 20.7 Å². The first-order valence-electron chi connectivity index (χ1n) is 10.3. The highest BCUT2D eigenvalue weighted by Crippen LogP contribution is 2.21. The first kappa shape index (κ1) is 22.0. The number of amides is 3. The van der Waals surface area contributed by atoms with Crippen molar-refractivity contribution in [2.75, 3.05) is 24.5 Å². The third kappa shape index (κ3) is 6.15. The average molecular weight is 422 g/mol. The lowest BCUT2D eigenvalue weighted by molar-refractivity contribution is -0.120. The number of nitrogens with zero attached hydrogens (tertiary/aromatic N) is 2. The smallest absolute Gasteiger partial charge is 0.251 e. The number of carbonyl (C=O) groups is 3. The van der Waals surface area contributed by atoms with Crippen molar-refractivity contribution in [2.45, 2.75) is 25.7 Å². The highest BCUT2D eigenvalue weighted by atomic mass is 16.4. The van der Waals surface area contributed by atoms with E-state index >= 15 is 0 Å². The summed E-state index contributed by atoms with van der Waals surface area (Å²) in [4.78, 5) is 37.7. The number of anilines is 1. The predicted molar refractivity (Wildman–Crippen MR) is 117 cm³/mol. The summed E-state index contributed by atoms with van der Waals surface area (Å²) in [5.41, 5.74) is 2.60. The zero-order chi connectivity index (χ0) is 22.1. The summed E-state index contributed by atoms with van der Waals surface area (Å²) in [6.07, 6.45) is 2.51. The molecule has 2 aromatic carbocycles. The van der Waals surface area contributed by atoms with E-state index in [1.54, 1.807) is 29.2 Å². The molecule has 1 aliphatic heterocycles. The molecule has 0 bridgehead atoms. The van der Waals surface area contributed by atoms with Crippen LogP contribution in [0.5, 0.6) is 0 Å². The van der Waals surface area contributed by atoms with Crippen LogP contribution in [0.15, 0.2) is 59.8 Å². The standard InChI is InChI=1S/C23H26N4O4/c28-21(24-14-4-8-20(26-31)17-6-2-1-3-7-17)16-25-23(30)18-10-12-19(13-11-18)27-15-5-9-22(27)29/h1-3,6-7,10-13,31H,4-5,8-9,14-16H2,(H,24,28)(H,25,30)/b26-20-. The first-order chi connectivity index (χ1) is 15.1. The van der Waals surface area contributed by atoms with Crippen LogP contribution >= 0.6 is 0 Å². The van der Waals surface area contributed by atoms with Gasteiger partial charge in [0.1, 0.15) is 0 Å². The second-order valence-corrected chi connectivity index (χ2v) is 7.24. The molecule has 0 aromatic heterocycles. The van der Waals surface area contributed by atoms with E-state index in [1.807, 2.05) is 30.3 Å². The zero-order valence-corrected chi connectivity index (χ0v) is 17.2. The molecule has 3 amide bonds. The van der Waals surface area contributed by atoms with Gasteiger partial charge in [-0.3, -0.25) is 14.4 Å². The van der Waals surface area contributed by atoms with E-state index in [4.69, 9.17) is 5.21 Å². The van der Waals surface area contributed by atoms with Gasteiger partial charge in [0, 0.05) is 30.8 Å². The second kappa shape index (κ2) is 10.9. The Bertz CT molecular complexity index is 942. The van der Waals surface area contributed by atoms with Crippen LogP contribution in [0.25, 0.3) is 0 Å². The van der Waals surface area contributed by atoms with Gasteiger partial charge in [0.15, 0.2) is 0 Å². The van der Waals surface area contributed by atoms with E-state index in [2.05, 4.69) is 15.8 Å². The Balaban J connectivity index is 1.37. The number of nitrogens with one attached hydrogen (secondary N) is 2. The third-order valence-electron chi connectivity index (χ3n) is 5.06. The summed E-state index contributed by atoms with van der Waals surface area (Å²) in [5.74, 6) is -0.557. The summed E-state index contributed by atoms with van der Waals surface area (Å²) >= 11 is 0. The van der Waals surface area contributed by atoms with Gasteiger partial charge >= 0.3 is 0 Å². The van der Waals surface area contributed by atoms with Gasteiger partial charge in [-0.25, -0.2) is 0 Å². The van der Waals surface area contributed by atoms with Crippen molar-refractivity contribution < 1.29 is 19.6 Å². The number of hydrogen-bond acceptors (Lipinski definition) is 5. The molecule has 3 N–H and O–H groups in total. The Kier molecular flexibility index (Phi) is 7.75. The lowest BCUT2D eigenvalue weighted by Crippen LogP contribution is -2.37. The van der Waals surface area contributed by atoms with Gasteiger partial charge in [0.25, 0.3) is 5.91 Å². The number of hydrogen-bond donors (Lipinski definition) is 3. The van der Waals surface area contributed by atoms with Crippen molar-refractivity contribution in [2.24, 2.45) is 5.16 Å². The molecule has 8 nitrogen and oxygen atoms in total. The van der Waals surface area contributed by atoms with Crippen LogP contribution < -0.4 is 15.5 Å². The fraction of sp³-hybridized carbons (Fsp3) is 0.304. The van der Waals surface area contributed by atoms with Gasteiger partial charge in [-0.05, 0) is 49.1 Å². The molecule has 0 saturated carbocycles. The maximum Gasteiger partial charge on any atom is 0.251 e. The Morgan fingerprint density at radius 1 is 1.00 bits per heavy atom. The van der Waals surface area contributed by atoms with Crippen LogP contribution in [0.1, 0.15) is 41.6 Å². The lowest BCUT2D eigenvalue weighted by Gasteiger charge is -2.15. The highest BCUT2D eigenvalue weighted by Gasteiger charge is 2.21. The molecule has 162 valence electrons. The molecule has 31 heavy (non-hydrogen) atoms. The minimum Gasteiger partial charge on any atom is -0.411 e. The second-order valence-electron chi connectivity index (χ2n) is 7.24. The molecule has 0 radical (unpaired) electrons. The maximum absolute atomic E-state index is 12.2. The monoisotopic (exact) mass is 422 g/mol. The molecule has 1 fully saturated rings. The van der Waals surface area contributed by atoms with Gasteiger partial charge in [-0.15, -0.1) is 0 Å². The molecule has 2 aromatic rings. The first-order valence-corrected chi connectivity index (χ1v) is 10.3. The van der Waals surface area contributed by atoms with Crippen LogP contribution in [-0.2, 0) is 9.59 Å². The number of oxime groups is 1. The summed E-state index contributed by atoms with van der Waals surface area (Å²) < 4.78 is 0. The van der Waals surface area contributed by atoms with Crippen LogP contribution in [0.3, 0.4) is 0 Å². The Hall–Kier alpha value is -3.68. The van der Waals surface area contributed by atoms with Gasteiger partial charge in [0.2, 0.25) is 11.8 Å².